The van der Waals surface area contributed by atoms with E-state index in [4.69, 9.17) is 15.0 Å². The first-order valence-electron chi connectivity index (χ1n) is 17.8. The minimum atomic E-state index is 0.611. The van der Waals surface area contributed by atoms with Gasteiger partial charge in [0.15, 0.2) is 5.82 Å². The summed E-state index contributed by atoms with van der Waals surface area (Å²) in [5, 5.41) is 9.38. The molecular weight excluding hydrogens is 659 g/mol. The highest BCUT2D eigenvalue weighted by Gasteiger charge is 2.15. The van der Waals surface area contributed by atoms with E-state index in [9.17, 15) is 5.26 Å². The average Bonchev–Trinajstić information content (AvgIpc) is 3.26. The molecule has 6 aromatic carbocycles. The molecule has 3 heterocycles. The molecule has 0 unspecified atom stereocenters. The molecule has 9 aromatic rings. The van der Waals surface area contributed by atoms with E-state index >= 15 is 0 Å². The summed E-state index contributed by atoms with van der Waals surface area (Å²) in [7, 11) is 0. The van der Waals surface area contributed by atoms with Crippen LogP contribution in [0.1, 0.15) is 5.56 Å². The number of pyridine rings is 2. The highest BCUT2D eigenvalue weighted by molar-refractivity contribution is 5.90. The fraction of sp³-hybridized carbons (Fsp3) is 0. The number of nitriles is 1. The quantitative estimate of drug-likeness (QED) is 0.166. The Hall–Kier alpha value is -7.55. The molecule has 3 aromatic heterocycles. The standard InChI is InChI=1S/C49H31N5/c50-32-33-13-15-38(16-14-33)43-30-47-44(12-7-29-51-47)52-48(43)41-25-23-40(24-26-41)46-31-45(39-21-17-36(18-22-39)34-8-3-1-4-9-34)53-49(54-46)42-27-19-37(20-28-42)35-10-5-2-6-11-35/h1-31H. The first-order valence-corrected chi connectivity index (χ1v) is 17.8. The Morgan fingerprint density at radius 1 is 0.370 bits per heavy atom. The minimum Gasteiger partial charge on any atom is -0.255 e. The van der Waals surface area contributed by atoms with E-state index in [1.807, 2.05) is 48.5 Å². The van der Waals surface area contributed by atoms with Crippen molar-refractivity contribution in [1.82, 2.24) is 19.9 Å². The van der Waals surface area contributed by atoms with Crippen LogP contribution in [0.15, 0.2) is 188 Å². The lowest BCUT2D eigenvalue weighted by molar-refractivity contribution is 1.18. The molecule has 54 heavy (non-hydrogen) atoms. The number of fused-ring (bicyclic) bond motifs is 1. The maximum Gasteiger partial charge on any atom is 0.160 e. The second-order valence-corrected chi connectivity index (χ2v) is 13.0. The number of aromatic nitrogens is 4. The molecule has 0 aliphatic heterocycles. The van der Waals surface area contributed by atoms with Gasteiger partial charge in [-0.1, -0.05) is 146 Å². The summed E-state index contributed by atoms with van der Waals surface area (Å²) in [6.07, 6.45) is 1.78. The largest absolute Gasteiger partial charge is 0.255 e. The lowest BCUT2D eigenvalue weighted by Gasteiger charge is -2.13. The van der Waals surface area contributed by atoms with Crippen molar-refractivity contribution in [2.45, 2.75) is 0 Å². The van der Waals surface area contributed by atoms with Crippen LogP contribution >= 0.6 is 0 Å². The van der Waals surface area contributed by atoms with Crippen molar-refractivity contribution in [3.8, 4) is 84.6 Å². The number of hydrogen-bond acceptors (Lipinski definition) is 5. The van der Waals surface area contributed by atoms with Crippen LogP contribution in [0.4, 0.5) is 0 Å². The first kappa shape index (κ1) is 32.4. The Morgan fingerprint density at radius 3 is 1.41 bits per heavy atom. The molecule has 5 heteroatoms. The Morgan fingerprint density at radius 2 is 0.852 bits per heavy atom. The summed E-state index contributed by atoms with van der Waals surface area (Å²) in [6.45, 7) is 0. The van der Waals surface area contributed by atoms with Crippen molar-refractivity contribution in [2.75, 3.05) is 0 Å². The van der Waals surface area contributed by atoms with Gasteiger partial charge in [0.2, 0.25) is 0 Å². The van der Waals surface area contributed by atoms with Crippen molar-refractivity contribution in [2.24, 2.45) is 0 Å². The van der Waals surface area contributed by atoms with Crippen LogP contribution < -0.4 is 0 Å². The van der Waals surface area contributed by atoms with Gasteiger partial charge in [-0.25, -0.2) is 15.0 Å². The highest BCUT2D eigenvalue weighted by atomic mass is 14.9. The smallest absolute Gasteiger partial charge is 0.160 e. The maximum absolute atomic E-state index is 9.38. The van der Waals surface area contributed by atoms with E-state index in [0.29, 0.717) is 11.4 Å². The number of nitrogens with zero attached hydrogens (tertiary/aromatic N) is 5. The molecule has 0 bridgehead atoms. The van der Waals surface area contributed by atoms with Gasteiger partial charge in [-0.3, -0.25) is 4.98 Å². The summed E-state index contributed by atoms with van der Waals surface area (Å²) < 4.78 is 0. The highest BCUT2D eigenvalue weighted by Crippen LogP contribution is 2.35. The molecule has 0 spiro atoms. The molecule has 0 aliphatic rings. The van der Waals surface area contributed by atoms with E-state index < -0.39 is 0 Å². The van der Waals surface area contributed by atoms with E-state index in [2.05, 4.69) is 145 Å². The van der Waals surface area contributed by atoms with E-state index in [0.717, 1.165) is 78.2 Å². The van der Waals surface area contributed by atoms with Gasteiger partial charge in [0.05, 0.1) is 39.7 Å². The molecule has 0 atom stereocenters. The van der Waals surface area contributed by atoms with E-state index in [-0.39, 0.29) is 0 Å². The fourth-order valence-corrected chi connectivity index (χ4v) is 6.74. The minimum absolute atomic E-state index is 0.611. The number of hydrogen-bond donors (Lipinski definition) is 0. The van der Waals surface area contributed by atoms with Crippen LogP contribution in [0, 0.1) is 11.3 Å². The van der Waals surface area contributed by atoms with Gasteiger partial charge in [-0.15, -0.1) is 0 Å². The van der Waals surface area contributed by atoms with Crippen LogP contribution in [-0.2, 0) is 0 Å². The third-order valence-electron chi connectivity index (χ3n) is 9.63. The zero-order valence-corrected chi connectivity index (χ0v) is 29.1. The molecule has 0 radical (unpaired) electrons. The predicted octanol–water partition coefficient (Wildman–Crippen LogP) is 12.0. The van der Waals surface area contributed by atoms with Crippen molar-refractivity contribution in [1.29, 1.82) is 5.26 Å². The molecule has 0 saturated heterocycles. The first-order chi connectivity index (χ1) is 26.7. The monoisotopic (exact) mass is 689 g/mol. The van der Waals surface area contributed by atoms with Gasteiger partial charge in [-0.05, 0) is 64.2 Å². The number of benzene rings is 6. The van der Waals surface area contributed by atoms with Crippen LogP contribution in [0.3, 0.4) is 0 Å². The molecule has 0 amide bonds. The van der Waals surface area contributed by atoms with E-state index in [1.165, 1.54) is 5.56 Å². The van der Waals surface area contributed by atoms with Gasteiger partial charge in [0.1, 0.15) is 0 Å². The van der Waals surface area contributed by atoms with Gasteiger partial charge in [-0.2, -0.15) is 5.26 Å². The molecule has 0 saturated carbocycles. The molecule has 0 fully saturated rings. The van der Waals surface area contributed by atoms with Gasteiger partial charge >= 0.3 is 0 Å². The van der Waals surface area contributed by atoms with Gasteiger partial charge < -0.3 is 0 Å². The lowest BCUT2D eigenvalue weighted by atomic mass is 9.96. The van der Waals surface area contributed by atoms with Crippen molar-refractivity contribution < 1.29 is 0 Å². The number of rotatable bonds is 7. The van der Waals surface area contributed by atoms with Crippen LogP contribution in [-0.4, -0.2) is 19.9 Å². The van der Waals surface area contributed by atoms with Crippen LogP contribution in [0.2, 0.25) is 0 Å². The Bertz CT molecular complexity index is 2670. The van der Waals surface area contributed by atoms with E-state index in [1.54, 1.807) is 6.20 Å². The molecular formula is C49H31N5. The lowest BCUT2D eigenvalue weighted by Crippen LogP contribution is -1.96. The second kappa shape index (κ2) is 14.2. The second-order valence-electron chi connectivity index (χ2n) is 13.0. The molecule has 252 valence electrons. The topological polar surface area (TPSA) is 75.3 Å². The van der Waals surface area contributed by atoms with Crippen molar-refractivity contribution in [3.05, 3.63) is 194 Å². The Balaban J connectivity index is 1.12. The van der Waals surface area contributed by atoms with Crippen LogP contribution in [0.5, 0.6) is 0 Å². The molecule has 0 aliphatic carbocycles. The van der Waals surface area contributed by atoms with Crippen molar-refractivity contribution in [3.63, 3.8) is 0 Å². The fourth-order valence-electron chi connectivity index (χ4n) is 6.74. The third kappa shape index (κ3) is 6.52. The van der Waals surface area contributed by atoms with Crippen LogP contribution in [0.25, 0.3) is 89.6 Å². The van der Waals surface area contributed by atoms with Gasteiger partial charge in [0, 0.05) is 34.0 Å². The maximum atomic E-state index is 9.38. The Kier molecular flexibility index (Phi) is 8.53. The molecule has 9 rings (SSSR count). The summed E-state index contributed by atoms with van der Waals surface area (Å²) in [5.74, 6) is 0.658. The zero-order valence-electron chi connectivity index (χ0n) is 29.1. The summed E-state index contributed by atoms with van der Waals surface area (Å²) in [5.41, 5.74) is 15.2. The summed E-state index contributed by atoms with van der Waals surface area (Å²) >= 11 is 0. The zero-order chi connectivity index (χ0) is 36.3. The third-order valence-corrected chi connectivity index (χ3v) is 9.63. The average molecular weight is 690 g/mol. The SMILES string of the molecule is N#Cc1ccc(-c2cc3ncccc3nc2-c2ccc(-c3cc(-c4ccc(-c5ccccc5)cc4)nc(-c4ccc(-c5ccccc5)cc4)n3)cc2)cc1. The molecule has 5 nitrogen and oxygen atoms in total. The normalized spacial score (nSPS) is 10.9. The summed E-state index contributed by atoms with van der Waals surface area (Å²) in [4.78, 5) is 19.9. The Labute approximate surface area is 313 Å². The predicted molar refractivity (Wildman–Crippen MR) is 218 cm³/mol. The summed E-state index contributed by atoms with van der Waals surface area (Å²) in [6, 6.07) is 64.0. The van der Waals surface area contributed by atoms with Gasteiger partial charge in [0.25, 0.3) is 0 Å². The molecule has 0 N–H and O–H groups in total. The van der Waals surface area contributed by atoms with Crippen molar-refractivity contribution >= 4 is 11.0 Å².